The van der Waals surface area contributed by atoms with Crippen LogP contribution in [0.2, 0.25) is 5.02 Å². The molecule has 2 nitrogen and oxygen atoms in total. The molecule has 0 aliphatic heterocycles. The molecule has 4 heteroatoms. The lowest BCUT2D eigenvalue weighted by Crippen LogP contribution is -1.92. The van der Waals surface area contributed by atoms with E-state index in [1.165, 1.54) is 6.20 Å². The summed E-state index contributed by atoms with van der Waals surface area (Å²) in [6.07, 6.45) is 2.68. The van der Waals surface area contributed by atoms with Gasteiger partial charge in [-0.2, -0.15) is 0 Å². The van der Waals surface area contributed by atoms with Gasteiger partial charge in [0.2, 0.25) is 0 Å². The number of hydrogen-bond acceptors (Lipinski definition) is 2. The van der Waals surface area contributed by atoms with Crippen molar-refractivity contribution in [1.82, 2.24) is 4.98 Å². The van der Waals surface area contributed by atoms with Crippen LogP contribution in [0.15, 0.2) is 36.7 Å². The van der Waals surface area contributed by atoms with E-state index in [-0.39, 0.29) is 0 Å². The topological polar surface area (TPSA) is 38.9 Å². The molecule has 2 N–H and O–H groups in total. The Bertz CT molecular complexity index is 500. The smallest absolute Gasteiger partial charge is 0.149 e. The molecule has 2 rings (SSSR count). The van der Waals surface area contributed by atoms with Gasteiger partial charge >= 0.3 is 0 Å². The second kappa shape index (κ2) is 3.87. The Balaban J connectivity index is 2.60. The first-order valence-electron chi connectivity index (χ1n) is 4.33. The van der Waals surface area contributed by atoms with Crippen molar-refractivity contribution in [3.63, 3.8) is 0 Å². The minimum Gasteiger partial charge on any atom is -0.398 e. The van der Waals surface area contributed by atoms with Gasteiger partial charge in [0.05, 0.1) is 6.20 Å². The molecule has 1 heterocycles. The van der Waals surface area contributed by atoms with Gasteiger partial charge in [-0.15, -0.1) is 0 Å². The van der Waals surface area contributed by atoms with Crippen molar-refractivity contribution in [2.24, 2.45) is 0 Å². The van der Waals surface area contributed by atoms with Crippen LogP contribution in [0.1, 0.15) is 0 Å². The van der Waals surface area contributed by atoms with Gasteiger partial charge in [0.25, 0.3) is 0 Å². The first-order valence-corrected chi connectivity index (χ1v) is 4.71. The predicted molar refractivity (Wildman–Crippen MR) is 59.1 cm³/mol. The number of aromatic nitrogens is 1. The van der Waals surface area contributed by atoms with E-state index in [0.29, 0.717) is 21.8 Å². The quantitative estimate of drug-likeness (QED) is 0.753. The summed E-state index contributed by atoms with van der Waals surface area (Å²) >= 11 is 5.76. The summed E-state index contributed by atoms with van der Waals surface area (Å²) in [6, 6.07) is 6.54. The molecule has 15 heavy (non-hydrogen) atoms. The molecule has 1 aromatic heterocycles. The summed E-state index contributed by atoms with van der Waals surface area (Å²) in [7, 11) is 0. The summed E-state index contributed by atoms with van der Waals surface area (Å²) in [5.41, 5.74) is 7.26. The molecule has 0 saturated carbocycles. The third-order valence-electron chi connectivity index (χ3n) is 2.08. The molecule has 0 amide bonds. The molecule has 2 aromatic rings. The summed E-state index contributed by atoms with van der Waals surface area (Å²) in [6.45, 7) is 0. The van der Waals surface area contributed by atoms with Gasteiger partial charge in [-0.25, -0.2) is 4.39 Å². The van der Waals surface area contributed by atoms with E-state index < -0.39 is 5.82 Å². The molecule has 0 fully saturated rings. The number of pyridine rings is 1. The van der Waals surface area contributed by atoms with Crippen LogP contribution in [-0.2, 0) is 0 Å². The second-order valence-corrected chi connectivity index (χ2v) is 3.52. The van der Waals surface area contributed by atoms with Crippen LogP contribution in [0.3, 0.4) is 0 Å². The molecule has 0 bridgehead atoms. The fraction of sp³-hybridized carbons (Fsp3) is 0. The Hall–Kier alpha value is -1.61. The van der Waals surface area contributed by atoms with E-state index in [1.807, 2.05) is 0 Å². The molecule has 0 saturated heterocycles. The average molecular weight is 223 g/mol. The lowest BCUT2D eigenvalue weighted by atomic mass is 10.1. The van der Waals surface area contributed by atoms with Crippen LogP contribution in [0.5, 0.6) is 0 Å². The van der Waals surface area contributed by atoms with E-state index in [9.17, 15) is 4.39 Å². The minimum absolute atomic E-state index is 0.397. The van der Waals surface area contributed by atoms with E-state index in [4.69, 9.17) is 17.3 Å². The van der Waals surface area contributed by atoms with Gasteiger partial charge in [0.15, 0.2) is 0 Å². The minimum atomic E-state index is -0.397. The van der Waals surface area contributed by atoms with Gasteiger partial charge in [-0.05, 0) is 18.2 Å². The standard InChI is InChI=1S/C11H8ClFN2/c12-7-1-2-9(11(14)5-7)8-3-4-15-6-10(8)13/h1-6H,14H2. The number of nitrogens with zero attached hydrogens (tertiary/aromatic N) is 1. The Labute approximate surface area is 91.5 Å². The van der Waals surface area contributed by atoms with Gasteiger partial charge in [-0.3, -0.25) is 4.98 Å². The third-order valence-corrected chi connectivity index (χ3v) is 2.31. The summed E-state index contributed by atoms with van der Waals surface area (Å²) in [4.78, 5) is 3.68. The molecule has 0 radical (unpaired) electrons. The number of anilines is 1. The number of halogens is 2. The second-order valence-electron chi connectivity index (χ2n) is 3.09. The first kappa shape index (κ1) is 9.93. The van der Waals surface area contributed by atoms with Crippen LogP contribution < -0.4 is 5.73 Å². The van der Waals surface area contributed by atoms with Crippen molar-refractivity contribution in [2.75, 3.05) is 5.73 Å². The molecule has 0 unspecified atom stereocenters. The lowest BCUT2D eigenvalue weighted by molar-refractivity contribution is 0.625. The van der Waals surface area contributed by atoms with Crippen LogP contribution in [0.25, 0.3) is 11.1 Å². The molecular weight excluding hydrogens is 215 g/mol. The van der Waals surface area contributed by atoms with E-state index in [1.54, 1.807) is 24.3 Å². The van der Waals surface area contributed by atoms with Gasteiger partial charge in [0, 0.05) is 28.0 Å². The van der Waals surface area contributed by atoms with E-state index >= 15 is 0 Å². The molecule has 0 spiro atoms. The maximum Gasteiger partial charge on any atom is 0.149 e. The zero-order valence-corrected chi connectivity index (χ0v) is 8.50. The third kappa shape index (κ3) is 1.92. The molecule has 76 valence electrons. The molecule has 0 atom stereocenters. The largest absolute Gasteiger partial charge is 0.398 e. The van der Waals surface area contributed by atoms with Crippen LogP contribution in [0.4, 0.5) is 10.1 Å². The van der Waals surface area contributed by atoms with E-state index in [0.717, 1.165) is 6.20 Å². The Morgan fingerprint density at radius 3 is 2.67 bits per heavy atom. The van der Waals surface area contributed by atoms with Crippen LogP contribution in [0, 0.1) is 5.82 Å². The highest BCUT2D eigenvalue weighted by atomic mass is 35.5. The highest BCUT2D eigenvalue weighted by Gasteiger charge is 2.07. The maximum atomic E-state index is 13.4. The molecule has 1 aromatic carbocycles. The van der Waals surface area contributed by atoms with Crippen LogP contribution in [-0.4, -0.2) is 4.98 Å². The number of nitrogen functional groups attached to an aromatic ring is 1. The highest BCUT2D eigenvalue weighted by Crippen LogP contribution is 2.29. The molecule has 0 aliphatic carbocycles. The Kier molecular flexibility index (Phi) is 2.56. The van der Waals surface area contributed by atoms with Crippen molar-refractivity contribution in [1.29, 1.82) is 0 Å². The fourth-order valence-corrected chi connectivity index (χ4v) is 1.55. The molecular formula is C11H8ClFN2. The van der Waals surface area contributed by atoms with Crippen molar-refractivity contribution in [3.05, 3.63) is 47.5 Å². The van der Waals surface area contributed by atoms with Crippen LogP contribution >= 0.6 is 11.6 Å². The predicted octanol–water partition coefficient (Wildman–Crippen LogP) is 3.12. The summed E-state index contributed by atoms with van der Waals surface area (Å²) in [5, 5.41) is 0.533. The summed E-state index contributed by atoms with van der Waals surface area (Å²) in [5.74, 6) is -0.397. The monoisotopic (exact) mass is 222 g/mol. The average Bonchev–Trinajstić information content (AvgIpc) is 2.20. The number of hydrogen-bond donors (Lipinski definition) is 1. The fourth-order valence-electron chi connectivity index (χ4n) is 1.37. The number of rotatable bonds is 1. The van der Waals surface area contributed by atoms with Gasteiger partial charge in [0.1, 0.15) is 5.82 Å². The Morgan fingerprint density at radius 2 is 2.00 bits per heavy atom. The van der Waals surface area contributed by atoms with Crippen molar-refractivity contribution < 1.29 is 4.39 Å². The van der Waals surface area contributed by atoms with E-state index in [2.05, 4.69) is 4.98 Å². The highest BCUT2D eigenvalue weighted by molar-refractivity contribution is 6.31. The number of benzene rings is 1. The van der Waals surface area contributed by atoms with Crippen molar-refractivity contribution >= 4 is 17.3 Å². The summed E-state index contributed by atoms with van der Waals surface area (Å²) < 4.78 is 13.4. The normalized spacial score (nSPS) is 10.3. The SMILES string of the molecule is Nc1cc(Cl)ccc1-c1ccncc1F. The first-order chi connectivity index (χ1) is 7.18. The van der Waals surface area contributed by atoms with Crippen molar-refractivity contribution in [2.45, 2.75) is 0 Å². The van der Waals surface area contributed by atoms with Gasteiger partial charge in [-0.1, -0.05) is 17.7 Å². The van der Waals surface area contributed by atoms with Crippen molar-refractivity contribution in [3.8, 4) is 11.1 Å². The Morgan fingerprint density at radius 1 is 1.20 bits per heavy atom. The van der Waals surface area contributed by atoms with Gasteiger partial charge < -0.3 is 5.73 Å². The zero-order valence-electron chi connectivity index (χ0n) is 7.74. The maximum absolute atomic E-state index is 13.4. The molecule has 0 aliphatic rings. The zero-order chi connectivity index (χ0) is 10.8. The number of nitrogens with two attached hydrogens (primary N) is 1. The lowest BCUT2D eigenvalue weighted by Gasteiger charge is -2.06.